The topological polar surface area (TPSA) is 25.8 Å². The van der Waals surface area contributed by atoms with Crippen LogP contribution >= 0.6 is 23.4 Å². The van der Waals surface area contributed by atoms with Gasteiger partial charge in [-0.05, 0) is 31.9 Å². The summed E-state index contributed by atoms with van der Waals surface area (Å²) in [4.78, 5) is 10.2. The van der Waals surface area contributed by atoms with Crippen molar-refractivity contribution in [2.45, 2.75) is 43.5 Å². The van der Waals surface area contributed by atoms with Crippen molar-refractivity contribution in [3.05, 3.63) is 46.4 Å². The molecule has 0 aliphatic rings. The lowest BCUT2D eigenvalue weighted by Crippen LogP contribution is -1.99. The maximum absolute atomic E-state index is 6.20. The number of aryl methyl sites for hydroxylation is 2. The van der Waals surface area contributed by atoms with E-state index in [9.17, 15) is 0 Å². The van der Waals surface area contributed by atoms with Gasteiger partial charge in [0.25, 0.3) is 0 Å². The summed E-state index contributed by atoms with van der Waals surface area (Å²) in [5.74, 6) is 0.828. The Morgan fingerprint density at radius 2 is 1.89 bits per heavy atom. The van der Waals surface area contributed by atoms with Gasteiger partial charge in [0.05, 0.1) is 0 Å². The summed E-state index contributed by atoms with van der Waals surface area (Å²) in [6.07, 6.45) is 1.88. The first-order chi connectivity index (χ1) is 9.11. The highest BCUT2D eigenvalue weighted by Gasteiger charge is 2.11. The second-order valence-corrected chi connectivity index (χ2v) is 5.87. The number of nitrogens with zero attached hydrogens (tertiary/aromatic N) is 2. The van der Waals surface area contributed by atoms with Crippen molar-refractivity contribution in [3.8, 4) is 0 Å². The number of hydrogen-bond donors (Lipinski definition) is 0. The van der Waals surface area contributed by atoms with Gasteiger partial charge in [-0.1, -0.05) is 48.5 Å². The molecule has 0 bridgehead atoms. The zero-order chi connectivity index (χ0) is 13.8. The molecule has 0 amide bonds. The monoisotopic (exact) mass is 292 g/mol. The molecule has 2 rings (SSSR count). The Kier molecular flexibility index (Phi) is 4.83. The van der Waals surface area contributed by atoms with Crippen LogP contribution in [0.2, 0.25) is 5.15 Å². The third-order valence-corrected chi connectivity index (χ3v) is 4.50. The van der Waals surface area contributed by atoms with Gasteiger partial charge in [-0.2, -0.15) is 0 Å². The van der Waals surface area contributed by atoms with Gasteiger partial charge in [-0.25, -0.2) is 9.97 Å². The van der Waals surface area contributed by atoms with Gasteiger partial charge in [0, 0.05) is 16.9 Å². The molecule has 4 heteroatoms. The molecule has 0 aliphatic heterocycles. The minimum absolute atomic E-state index is 0.564. The van der Waals surface area contributed by atoms with Crippen LogP contribution in [0.15, 0.2) is 34.2 Å². The van der Waals surface area contributed by atoms with E-state index >= 15 is 0 Å². The van der Waals surface area contributed by atoms with E-state index in [4.69, 9.17) is 11.6 Å². The predicted octanol–water partition coefficient (Wildman–Crippen LogP) is 4.85. The molecule has 0 atom stereocenters. The average molecular weight is 293 g/mol. The second-order valence-electron chi connectivity index (χ2n) is 4.48. The molecule has 0 spiro atoms. The lowest BCUT2D eigenvalue weighted by molar-refractivity contribution is 0.801. The van der Waals surface area contributed by atoms with Crippen LogP contribution in [0.5, 0.6) is 0 Å². The Bertz CT molecular complexity index is 584. The van der Waals surface area contributed by atoms with Crippen LogP contribution in [0.1, 0.15) is 30.3 Å². The third kappa shape index (κ3) is 3.48. The highest BCUT2D eigenvalue weighted by atomic mass is 35.5. The van der Waals surface area contributed by atoms with E-state index in [1.165, 1.54) is 10.5 Å². The maximum Gasteiger partial charge on any atom is 0.136 e. The highest BCUT2D eigenvalue weighted by molar-refractivity contribution is 7.99. The average Bonchev–Trinajstić information content (AvgIpc) is 2.38. The molecular weight excluding hydrogens is 276 g/mol. The molecule has 19 heavy (non-hydrogen) atoms. The Labute approximate surface area is 123 Å². The van der Waals surface area contributed by atoms with E-state index in [-0.39, 0.29) is 0 Å². The SMILES string of the molecule is CCCc1nc(Cl)c(C)c(Sc2ccccc2C)n1. The molecule has 0 N–H and O–H groups in total. The van der Waals surface area contributed by atoms with Crippen molar-refractivity contribution in [2.24, 2.45) is 0 Å². The lowest BCUT2D eigenvalue weighted by Gasteiger charge is -2.10. The quantitative estimate of drug-likeness (QED) is 0.753. The van der Waals surface area contributed by atoms with Crippen molar-refractivity contribution < 1.29 is 0 Å². The molecule has 2 aromatic rings. The van der Waals surface area contributed by atoms with Crippen LogP contribution < -0.4 is 0 Å². The van der Waals surface area contributed by atoms with Crippen molar-refractivity contribution in [3.63, 3.8) is 0 Å². The van der Waals surface area contributed by atoms with Crippen LogP contribution in [0.25, 0.3) is 0 Å². The van der Waals surface area contributed by atoms with E-state index in [1.807, 2.05) is 19.1 Å². The van der Waals surface area contributed by atoms with Crippen LogP contribution in [-0.2, 0) is 6.42 Å². The van der Waals surface area contributed by atoms with E-state index in [2.05, 4.69) is 35.9 Å². The first-order valence-corrected chi connectivity index (χ1v) is 7.57. The fraction of sp³-hybridized carbons (Fsp3) is 0.333. The van der Waals surface area contributed by atoms with Crippen LogP contribution in [0.4, 0.5) is 0 Å². The van der Waals surface area contributed by atoms with Crippen molar-refractivity contribution in [1.29, 1.82) is 0 Å². The first kappa shape index (κ1) is 14.4. The van der Waals surface area contributed by atoms with Gasteiger partial charge < -0.3 is 0 Å². The molecule has 0 unspecified atom stereocenters. The van der Waals surface area contributed by atoms with Crippen LogP contribution in [0, 0.1) is 13.8 Å². The molecule has 100 valence electrons. The van der Waals surface area contributed by atoms with Gasteiger partial charge in [-0.3, -0.25) is 0 Å². The van der Waals surface area contributed by atoms with Crippen molar-refractivity contribution in [2.75, 3.05) is 0 Å². The van der Waals surface area contributed by atoms with E-state index in [0.717, 1.165) is 29.3 Å². The molecule has 1 aromatic carbocycles. The standard InChI is InChI=1S/C15H17ClN2S/c1-4-7-13-17-14(16)11(3)15(18-13)19-12-9-6-5-8-10(12)2/h5-6,8-9H,4,7H2,1-3H3. The Hall–Kier alpha value is -1.06. The lowest BCUT2D eigenvalue weighted by atomic mass is 10.2. The van der Waals surface area contributed by atoms with Gasteiger partial charge in [0.1, 0.15) is 16.0 Å². The summed E-state index contributed by atoms with van der Waals surface area (Å²) < 4.78 is 0. The largest absolute Gasteiger partial charge is 0.226 e. The Morgan fingerprint density at radius 1 is 1.16 bits per heavy atom. The minimum atomic E-state index is 0.564. The molecular formula is C15H17ClN2S. The molecule has 1 aromatic heterocycles. The smallest absolute Gasteiger partial charge is 0.136 e. The summed E-state index contributed by atoms with van der Waals surface area (Å²) in [7, 11) is 0. The Balaban J connectivity index is 2.36. The molecule has 2 nitrogen and oxygen atoms in total. The molecule has 0 aliphatic carbocycles. The zero-order valence-corrected chi connectivity index (χ0v) is 13.0. The molecule has 0 fully saturated rings. The molecule has 0 saturated heterocycles. The van der Waals surface area contributed by atoms with Crippen LogP contribution in [0.3, 0.4) is 0 Å². The second kappa shape index (κ2) is 6.40. The summed E-state index contributed by atoms with van der Waals surface area (Å²) in [6.45, 7) is 6.19. The van der Waals surface area contributed by atoms with Gasteiger partial charge in [-0.15, -0.1) is 0 Å². The number of benzene rings is 1. The summed E-state index contributed by atoms with van der Waals surface area (Å²) in [5.41, 5.74) is 2.20. The summed E-state index contributed by atoms with van der Waals surface area (Å²) in [5, 5.41) is 1.52. The number of halogens is 1. The number of rotatable bonds is 4. The first-order valence-electron chi connectivity index (χ1n) is 6.38. The minimum Gasteiger partial charge on any atom is -0.226 e. The fourth-order valence-electron chi connectivity index (χ4n) is 1.72. The molecule has 1 heterocycles. The van der Waals surface area contributed by atoms with Crippen LogP contribution in [-0.4, -0.2) is 9.97 Å². The zero-order valence-electron chi connectivity index (χ0n) is 11.4. The normalized spacial score (nSPS) is 10.7. The van der Waals surface area contributed by atoms with E-state index < -0.39 is 0 Å². The molecule has 0 saturated carbocycles. The number of aromatic nitrogens is 2. The third-order valence-electron chi connectivity index (χ3n) is 2.86. The van der Waals surface area contributed by atoms with Gasteiger partial charge in [0.15, 0.2) is 0 Å². The fourth-order valence-corrected chi connectivity index (χ4v) is 2.95. The summed E-state index contributed by atoms with van der Waals surface area (Å²) >= 11 is 7.86. The van der Waals surface area contributed by atoms with Gasteiger partial charge in [0.2, 0.25) is 0 Å². The Morgan fingerprint density at radius 3 is 2.58 bits per heavy atom. The van der Waals surface area contributed by atoms with E-state index in [0.29, 0.717) is 5.15 Å². The van der Waals surface area contributed by atoms with Crippen molar-refractivity contribution >= 4 is 23.4 Å². The maximum atomic E-state index is 6.20. The van der Waals surface area contributed by atoms with Crippen molar-refractivity contribution in [1.82, 2.24) is 9.97 Å². The van der Waals surface area contributed by atoms with Gasteiger partial charge >= 0.3 is 0 Å². The van der Waals surface area contributed by atoms with E-state index in [1.54, 1.807) is 11.8 Å². The number of hydrogen-bond acceptors (Lipinski definition) is 3. The highest BCUT2D eigenvalue weighted by Crippen LogP contribution is 2.33. The predicted molar refractivity (Wildman–Crippen MR) is 81.1 cm³/mol. The summed E-state index contributed by atoms with van der Waals surface area (Å²) in [6, 6.07) is 8.30. The molecule has 0 radical (unpaired) electrons.